The molecule has 0 aromatic heterocycles. The summed E-state index contributed by atoms with van der Waals surface area (Å²) in [6.07, 6.45) is 3.72. The van der Waals surface area contributed by atoms with Gasteiger partial charge < -0.3 is 5.32 Å². The summed E-state index contributed by atoms with van der Waals surface area (Å²) in [6, 6.07) is 6.51. The Kier molecular flexibility index (Phi) is 3.94. The zero-order valence-corrected chi connectivity index (χ0v) is 13.4. The van der Waals surface area contributed by atoms with Gasteiger partial charge in [-0.15, -0.1) is 0 Å². The molecule has 21 heavy (non-hydrogen) atoms. The Morgan fingerprint density at radius 3 is 2.76 bits per heavy atom. The lowest BCUT2D eigenvalue weighted by atomic mass is 9.98. The molecular weight excluding hydrogens is 286 g/mol. The first-order chi connectivity index (χ1) is 10.0. The van der Waals surface area contributed by atoms with E-state index in [0.717, 1.165) is 36.9 Å². The minimum absolute atomic E-state index is 0.143. The topological polar surface area (TPSA) is 61.4 Å². The number of nitrogens with one attached hydrogen (secondary N) is 2. The summed E-state index contributed by atoms with van der Waals surface area (Å²) < 4.78 is 29.3. The van der Waals surface area contributed by atoms with Gasteiger partial charge in [-0.1, -0.05) is 12.1 Å². The van der Waals surface area contributed by atoms with Crippen LogP contribution in [0.5, 0.6) is 0 Å². The molecular formula is C15H23N3O2S. The van der Waals surface area contributed by atoms with Gasteiger partial charge in [0.05, 0.1) is 5.69 Å². The molecule has 2 aliphatic rings. The summed E-state index contributed by atoms with van der Waals surface area (Å²) >= 11 is 0. The fourth-order valence-corrected chi connectivity index (χ4v) is 4.33. The molecule has 1 aliphatic carbocycles. The van der Waals surface area contributed by atoms with Gasteiger partial charge in [0.2, 0.25) is 0 Å². The number of rotatable bonds is 5. The van der Waals surface area contributed by atoms with Crippen LogP contribution in [0.4, 0.5) is 5.69 Å². The van der Waals surface area contributed by atoms with E-state index in [0.29, 0.717) is 6.54 Å². The van der Waals surface area contributed by atoms with Gasteiger partial charge in [0.25, 0.3) is 0 Å². The Balaban J connectivity index is 1.91. The van der Waals surface area contributed by atoms with E-state index in [4.69, 9.17) is 0 Å². The zero-order chi connectivity index (χ0) is 15.0. The molecule has 5 nitrogen and oxygen atoms in total. The summed E-state index contributed by atoms with van der Waals surface area (Å²) in [5.41, 5.74) is 3.16. The highest BCUT2D eigenvalue weighted by molar-refractivity contribution is 7.90. The highest BCUT2D eigenvalue weighted by Crippen LogP contribution is 2.32. The van der Waals surface area contributed by atoms with Gasteiger partial charge in [-0.05, 0) is 56.8 Å². The number of fused-ring (bicyclic) bond motifs is 1. The largest absolute Gasteiger partial charge is 0.313 e. The van der Waals surface area contributed by atoms with Crippen molar-refractivity contribution in [1.29, 1.82) is 0 Å². The third kappa shape index (κ3) is 3.07. The van der Waals surface area contributed by atoms with Gasteiger partial charge in [0, 0.05) is 18.6 Å². The number of hydrogen-bond acceptors (Lipinski definition) is 3. The Morgan fingerprint density at radius 1 is 1.33 bits per heavy atom. The first kappa shape index (κ1) is 14.8. The highest BCUT2D eigenvalue weighted by Gasteiger charge is 2.33. The maximum absolute atomic E-state index is 12.5. The smallest absolute Gasteiger partial charge is 0.301 e. The molecule has 2 N–H and O–H groups in total. The second-order valence-electron chi connectivity index (χ2n) is 5.97. The molecule has 1 saturated carbocycles. The average Bonchev–Trinajstić information content (AvgIpc) is 3.28. The lowest BCUT2D eigenvalue weighted by Gasteiger charge is -2.31. The molecule has 1 aromatic rings. The summed E-state index contributed by atoms with van der Waals surface area (Å²) in [7, 11) is -1.47. The second kappa shape index (κ2) is 5.59. The predicted molar refractivity (Wildman–Crippen MR) is 84.7 cm³/mol. The number of nitrogens with zero attached hydrogens (tertiary/aromatic N) is 1. The number of anilines is 1. The van der Waals surface area contributed by atoms with Gasteiger partial charge in [-0.3, -0.25) is 4.31 Å². The van der Waals surface area contributed by atoms with Crippen LogP contribution in [-0.4, -0.2) is 28.1 Å². The van der Waals surface area contributed by atoms with E-state index in [1.807, 2.05) is 19.2 Å². The van der Waals surface area contributed by atoms with Gasteiger partial charge >= 0.3 is 10.2 Å². The van der Waals surface area contributed by atoms with Crippen LogP contribution in [0, 0.1) is 0 Å². The van der Waals surface area contributed by atoms with Crippen molar-refractivity contribution in [3.05, 3.63) is 29.3 Å². The first-order valence-corrected chi connectivity index (χ1v) is 9.05. The van der Waals surface area contributed by atoms with Crippen molar-refractivity contribution in [3.63, 3.8) is 0 Å². The molecule has 0 amide bonds. The van der Waals surface area contributed by atoms with Crippen LogP contribution in [0.1, 0.15) is 43.4 Å². The Labute approximate surface area is 126 Å². The molecule has 1 atom stereocenters. The van der Waals surface area contributed by atoms with Crippen LogP contribution >= 0.6 is 0 Å². The maximum Gasteiger partial charge on any atom is 0.301 e. The fraction of sp³-hybridized carbons (Fsp3) is 0.600. The average molecular weight is 309 g/mol. The van der Waals surface area contributed by atoms with Crippen molar-refractivity contribution in [1.82, 2.24) is 10.0 Å². The summed E-state index contributed by atoms with van der Waals surface area (Å²) in [5, 5.41) is 3.22. The standard InChI is InChI=1S/C15H23N3O2S/c1-11(16-2)12-5-8-15-13(10-12)4-3-9-18(15)21(19,20)17-14-6-7-14/h5,8,10-11,14,16-17H,3-4,6-7,9H2,1-2H3. The van der Waals surface area contributed by atoms with E-state index in [9.17, 15) is 8.42 Å². The molecule has 116 valence electrons. The van der Waals surface area contributed by atoms with Gasteiger partial charge in [-0.25, -0.2) is 0 Å². The highest BCUT2D eigenvalue weighted by atomic mass is 32.2. The normalized spacial score (nSPS) is 20.2. The van der Waals surface area contributed by atoms with Crippen LogP contribution in [0.25, 0.3) is 0 Å². The lowest BCUT2D eigenvalue weighted by Crippen LogP contribution is -2.44. The molecule has 1 fully saturated rings. The Bertz CT molecular complexity index is 626. The van der Waals surface area contributed by atoms with E-state index < -0.39 is 10.2 Å². The van der Waals surface area contributed by atoms with Crippen molar-refractivity contribution in [2.45, 2.75) is 44.7 Å². The van der Waals surface area contributed by atoms with Gasteiger partial charge in [0.15, 0.2) is 0 Å². The fourth-order valence-electron chi connectivity index (χ4n) is 2.74. The summed E-state index contributed by atoms with van der Waals surface area (Å²) in [4.78, 5) is 0. The predicted octanol–water partition coefficient (Wildman–Crippen LogP) is 1.72. The Hall–Kier alpha value is -1.11. The molecule has 1 aliphatic heterocycles. The zero-order valence-electron chi connectivity index (χ0n) is 12.6. The van der Waals surface area contributed by atoms with Crippen LogP contribution in [0.3, 0.4) is 0 Å². The van der Waals surface area contributed by atoms with Crippen molar-refractivity contribution in [2.24, 2.45) is 0 Å². The van der Waals surface area contributed by atoms with Crippen LogP contribution in [0.15, 0.2) is 18.2 Å². The molecule has 3 rings (SSSR count). The maximum atomic E-state index is 12.5. The van der Waals surface area contributed by atoms with E-state index in [-0.39, 0.29) is 12.1 Å². The number of aryl methyl sites for hydroxylation is 1. The monoisotopic (exact) mass is 309 g/mol. The molecule has 0 spiro atoms. The quantitative estimate of drug-likeness (QED) is 0.870. The number of hydrogen-bond donors (Lipinski definition) is 2. The molecule has 0 saturated heterocycles. The molecule has 1 unspecified atom stereocenters. The molecule has 1 aromatic carbocycles. The van der Waals surface area contributed by atoms with Crippen LogP contribution in [0.2, 0.25) is 0 Å². The molecule has 0 bridgehead atoms. The van der Waals surface area contributed by atoms with Gasteiger partial charge in [-0.2, -0.15) is 13.1 Å². The van der Waals surface area contributed by atoms with Crippen molar-refractivity contribution < 1.29 is 8.42 Å². The summed E-state index contributed by atoms with van der Waals surface area (Å²) in [5.74, 6) is 0. The van der Waals surface area contributed by atoms with E-state index in [1.165, 1.54) is 9.87 Å². The van der Waals surface area contributed by atoms with Crippen LogP contribution in [-0.2, 0) is 16.6 Å². The lowest BCUT2D eigenvalue weighted by molar-refractivity contribution is 0.571. The van der Waals surface area contributed by atoms with Crippen LogP contribution < -0.4 is 14.3 Å². The van der Waals surface area contributed by atoms with E-state index in [1.54, 1.807) is 0 Å². The first-order valence-electron chi connectivity index (χ1n) is 7.61. The minimum atomic E-state index is -3.40. The van der Waals surface area contributed by atoms with E-state index >= 15 is 0 Å². The van der Waals surface area contributed by atoms with Crippen molar-refractivity contribution in [3.8, 4) is 0 Å². The molecule has 1 heterocycles. The second-order valence-corrected chi connectivity index (χ2v) is 7.60. The third-order valence-electron chi connectivity index (χ3n) is 4.30. The molecule has 6 heteroatoms. The summed E-state index contributed by atoms with van der Waals surface area (Å²) in [6.45, 7) is 2.67. The molecule has 0 radical (unpaired) electrons. The van der Waals surface area contributed by atoms with E-state index in [2.05, 4.69) is 23.0 Å². The third-order valence-corrected chi connectivity index (χ3v) is 5.89. The van der Waals surface area contributed by atoms with Crippen molar-refractivity contribution >= 4 is 15.9 Å². The number of benzene rings is 1. The SMILES string of the molecule is CNC(C)c1ccc2c(c1)CCCN2S(=O)(=O)NC1CC1. The van der Waals surface area contributed by atoms with Crippen molar-refractivity contribution in [2.75, 3.05) is 17.9 Å². The Morgan fingerprint density at radius 2 is 2.10 bits per heavy atom. The minimum Gasteiger partial charge on any atom is -0.313 e. The van der Waals surface area contributed by atoms with Gasteiger partial charge in [0.1, 0.15) is 0 Å².